The van der Waals surface area contributed by atoms with E-state index in [9.17, 15) is 36.2 Å². The number of halogens is 7. The first-order valence-corrected chi connectivity index (χ1v) is 20.2. The number of nitrogens with zero attached hydrogens (tertiary/aromatic N) is 6. The molecule has 1 aliphatic heterocycles. The van der Waals surface area contributed by atoms with Gasteiger partial charge in [-0.15, -0.1) is 0 Å². The Morgan fingerprint density at radius 2 is 1.74 bits per heavy atom. The summed E-state index contributed by atoms with van der Waals surface area (Å²) in [5.41, 5.74) is 1.20. The summed E-state index contributed by atoms with van der Waals surface area (Å²) in [7, 11) is 2.07. The third-order valence-electron chi connectivity index (χ3n) is 10.2. The zero-order chi connectivity index (χ0) is 43.5. The number of likely N-dealkylation sites (N-methyl/N-ethyl adjacent to an activating group) is 1. The maximum absolute atomic E-state index is 14.0. The maximum Gasteiger partial charge on any atom is 0.416 e. The average molecular weight is 889 g/mol. The van der Waals surface area contributed by atoms with E-state index in [0.717, 1.165) is 54.5 Å². The highest BCUT2D eigenvalue weighted by Crippen LogP contribution is 2.46. The molecule has 3 aromatic heterocycles. The van der Waals surface area contributed by atoms with Crippen LogP contribution >= 0.6 is 23.1 Å². The third kappa shape index (κ3) is 10.4. The molecule has 0 spiro atoms. The van der Waals surface area contributed by atoms with Crippen LogP contribution in [0.25, 0.3) is 32.5 Å². The lowest BCUT2D eigenvalue weighted by atomic mass is 9.92. The summed E-state index contributed by atoms with van der Waals surface area (Å²) in [6.07, 6.45) is -8.35. The van der Waals surface area contributed by atoms with Crippen LogP contribution in [-0.4, -0.2) is 98.7 Å². The number of alkyl halides is 6. The molecule has 4 heterocycles. The minimum atomic E-state index is -4.65. The van der Waals surface area contributed by atoms with Crippen LogP contribution in [-0.2, 0) is 30.5 Å². The standard InChI is InChI=1S/C42H39ClF6N6O5S/c1-25-30(10-11-32(37(25)43)58-19-18-54-16-14-53(2)15-17-54)35-36-34(22-50-38(35)27-7-5-8-28(20-27)42(47,48)49)61-52-39(36)60-33(40(56)57)21-26-6-3-4-9-31(26)59-23-29-12-13-51-55(29)24-41(44,45)46/h3-13,20,22,33H,14-19,21,23-24H2,1-2H3,(H,56,57)/t33-/m1/s1. The molecule has 1 N–H and O–H groups in total. The summed E-state index contributed by atoms with van der Waals surface area (Å²) in [4.78, 5) is 22.0. The number of hydrogen-bond donors (Lipinski definition) is 1. The predicted molar refractivity (Wildman–Crippen MR) is 217 cm³/mol. The molecule has 322 valence electrons. The van der Waals surface area contributed by atoms with Crippen LogP contribution in [0.15, 0.2) is 79.1 Å². The number of hydrogen-bond acceptors (Lipinski definition) is 10. The van der Waals surface area contributed by atoms with Crippen LogP contribution < -0.4 is 14.2 Å². The quantitative estimate of drug-likeness (QED) is 0.100. The molecule has 1 aliphatic rings. The van der Waals surface area contributed by atoms with E-state index in [1.54, 1.807) is 43.3 Å². The van der Waals surface area contributed by atoms with E-state index in [0.29, 0.717) is 51.2 Å². The van der Waals surface area contributed by atoms with Gasteiger partial charge >= 0.3 is 18.3 Å². The van der Waals surface area contributed by atoms with Crippen molar-refractivity contribution in [2.45, 2.75) is 45.0 Å². The Kier molecular flexibility index (Phi) is 13.1. The van der Waals surface area contributed by atoms with Gasteiger partial charge in [0.1, 0.15) is 31.3 Å². The summed E-state index contributed by atoms with van der Waals surface area (Å²) in [5, 5.41) is 14.8. The van der Waals surface area contributed by atoms with Crippen molar-refractivity contribution in [3.63, 3.8) is 0 Å². The molecule has 0 radical (unpaired) electrons. The van der Waals surface area contributed by atoms with Crippen molar-refractivity contribution in [3.8, 4) is 39.8 Å². The number of para-hydroxylation sites is 1. The van der Waals surface area contributed by atoms with E-state index in [1.165, 1.54) is 30.6 Å². The highest BCUT2D eigenvalue weighted by molar-refractivity contribution is 7.13. The fourth-order valence-electron chi connectivity index (χ4n) is 6.99. The van der Waals surface area contributed by atoms with Gasteiger partial charge < -0.3 is 24.2 Å². The van der Waals surface area contributed by atoms with Crippen molar-refractivity contribution in [2.75, 3.05) is 46.4 Å². The molecule has 0 bridgehead atoms. The van der Waals surface area contributed by atoms with Crippen LogP contribution in [0.1, 0.15) is 22.4 Å². The number of aliphatic carboxylic acids is 1. The van der Waals surface area contributed by atoms with Crippen molar-refractivity contribution in [2.24, 2.45) is 0 Å². The van der Waals surface area contributed by atoms with Gasteiger partial charge in [-0.2, -0.15) is 35.8 Å². The Labute approximate surface area is 355 Å². The lowest BCUT2D eigenvalue weighted by Crippen LogP contribution is -2.45. The second kappa shape index (κ2) is 18.3. The number of aromatic nitrogens is 4. The largest absolute Gasteiger partial charge is 0.491 e. The number of carboxylic acid groups (broad SMARTS) is 1. The Morgan fingerprint density at radius 1 is 0.967 bits per heavy atom. The zero-order valence-corrected chi connectivity index (χ0v) is 34.3. The predicted octanol–water partition coefficient (Wildman–Crippen LogP) is 9.04. The van der Waals surface area contributed by atoms with E-state index >= 15 is 0 Å². The smallest absolute Gasteiger partial charge is 0.416 e. The molecule has 0 saturated carbocycles. The molecule has 11 nitrogen and oxygen atoms in total. The molecule has 1 fully saturated rings. The number of ether oxygens (including phenoxy) is 3. The van der Waals surface area contributed by atoms with Gasteiger partial charge in [0.25, 0.3) is 0 Å². The molecule has 61 heavy (non-hydrogen) atoms. The number of fused-ring (bicyclic) bond motifs is 1. The molecule has 1 atom stereocenters. The number of pyridine rings is 1. The Balaban J connectivity index is 1.23. The summed E-state index contributed by atoms with van der Waals surface area (Å²) in [6, 6.07) is 15.9. The lowest BCUT2D eigenvalue weighted by Gasteiger charge is -2.32. The van der Waals surface area contributed by atoms with E-state index in [4.69, 9.17) is 25.8 Å². The molecule has 6 aromatic rings. The molecular weight excluding hydrogens is 850 g/mol. The van der Waals surface area contributed by atoms with Crippen LogP contribution in [0.2, 0.25) is 5.02 Å². The van der Waals surface area contributed by atoms with Crippen molar-refractivity contribution in [1.29, 1.82) is 0 Å². The minimum absolute atomic E-state index is 0.115. The van der Waals surface area contributed by atoms with Gasteiger partial charge in [0.05, 0.1) is 32.1 Å². The van der Waals surface area contributed by atoms with Crippen molar-refractivity contribution < 1.29 is 50.5 Å². The van der Waals surface area contributed by atoms with Crippen LogP contribution in [0.4, 0.5) is 26.3 Å². The van der Waals surface area contributed by atoms with E-state index in [2.05, 4.69) is 31.3 Å². The summed E-state index contributed by atoms with van der Waals surface area (Å²) < 4.78 is 105. The third-order valence-corrected chi connectivity index (χ3v) is 11.5. The van der Waals surface area contributed by atoms with Crippen LogP contribution in [0.3, 0.4) is 0 Å². The number of piperazine rings is 1. The molecule has 0 aliphatic carbocycles. The molecule has 0 unspecified atom stereocenters. The summed E-state index contributed by atoms with van der Waals surface area (Å²) >= 11 is 7.92. The van der Waals surface area contributed by atoms with Crippen LogP contribution in [0, 0.1) is 6.92 Å². The number of carbonyl (C=O) groups is 1. The molecule has 1 saturated heterocycles. The summed E-state index contributed by atoms with van der Waals surface area (Å²) in [6.45, 7) is 4.90. The molecule has 19 heteroatoms. The van der Waals surface area contributed by atoms with Crippen LogP contribution in [0.5, 0.6) is 17.4 Å². The topological polar surface area (TPSA) is 115 Å². The zero-order valence-electron chi connectivity index (χ0n) is 32.8. The Morgan fingerprint density at radius 3 is 2.48 bits per heavy atom. The first-order chi connectivity index (χ1) is 29.1. The fourth-order valence-corrected chi connectivity index (χ4v) is 7.90. The van der Waals surface area contributed by atoms with E-state index in [1.807, 2.05) is 0 Å². The van der Waals surface area contributed by atoms with Crippen molar-refractivity contribution >= 4 is 39.2 Å². The average Bonchev–Trinajstić information content (AvgIpc) is 3.84. The second-order valence-electron chi connectivity index (χ2n) is 14.5. The Bertz CT molecular complexity index is 2510. The maximum atomic E-state index is 14.0. The molecular formula is C42H39ClF6N6O5S. The van der Waals surface area contributed by atoms with E-state index in [-0.39, 0.29) is 46.6 Å². The van der Waals surface area contributed by atoms with Crippen molar-refractivity contribution in [3.05, 3.63) is 107 Å². The van der Waals surface area contributed by atoms with Gasteiger partial charge in [0, 0.05) is 62.7 Å². The molecule has 3 aromatic carbocycles. The van der Waals surface area contributed by atoms with Gasteiger partial charge in [-0.1, -0.05) is 48.0 Å². The van der Waals surface area contributed by atoms with Gasteiger partial charge in [0.15, 0.2) is 0 Å². The van der Waals surface area contributed by atoms with Crippen molar-refractivity contribution in [1.82, 2.24) is 28.9 Å². The SMILES string of the molecule is Cc1c(-c2c(-c3cccc(C(F)(F)F)c3)ncc3snc(O[C@H](Cc4ccccc4OCc4ccnn4CC(F)(F)F)C(=O)O)c23)ccc(OCCN2CCN(C)CC2)c1Cl. The Hall–Kier alpha value is -5.43. The normalized spacial score (nSPS) is 14.6. The van der Waals surface area contributed by atoms with Gasteiger partial charge in [-0.3, -0.25) is 14.6 Å². The highest BCUT2D eigenvalue weighted by atomic mass is 35.5. The molecule has 0 amide bonds. The fraction of sp³-hybridized carbons (Fsp3) is 0.333. The number of carboxylic acids is 1. The minimum Gasteiger partial charge on any atom is -0.491 e. The lowest BCUT2D eigenvalue weighted by molar-refractivity contribution is -0.145. The second-order valence-corrected chi connectivity index (χ2v) is 15.7. The monoisotopic (exact) mass is 888 g/mol. The number of rotatable bonds is 15. The van der Waals surface area contributed by atoms with Gasteiger partial charge in [0.2, 0.25) is 12.0 Å². The highest BCUT2D eigenvalue weighted by Gasteiger charge is 2.33. The molecule has 7 rings (SSSR count). The first kappa shape index (κ1) is 43.7. The van der Waals surface area contributed by atoms with E-state index < -0.39 is 36.5 Å². The summed E-state index contributed by atoms with van der Waals surface area (Å²) in [5.74, 6) is -0.872. The van der Waals surface area contributed by atoms with Gasteiger partial charge in [-0.05, 0) is 72.5 Å². The van der Waals surface area contributed by atoms with Gasteiger partial charge in [-0.25, -0.2) is 4.79 Å². The first-order valence-electron chi connectivity index (χ1n) is 19.0. The number of benzene rings is 3.